The molecule has 1 saturated heterocycles. The molecule has 1 amide bonds. The molecule has 7 nitrogen and oxygen atoms in total. The number of methoxy groups -OCH3 is 1. The van der Waals surface area contributed by atoms with Crippen molar-refractivity contribution in [1.82, 2.24) is 20.0 Å². The number of rotatable bonds is 13. The lowest BCUT2D eigenvalue weighted by Gasteiger charge is -2.37. The number of amides is 1. The van der Waals surface area contributed by atoms with E-state index < -0.39 is 12.1 Å². The van der Waals surface area contributed by atoms with Gasteiger partial charge in [-0.2, -0.15) is 13.2 Å². The highest BCUT2D eigenvalue weighted by molar-refractivity contribution is 5.76. The van der Waals surface area contributed by atoms with Crippen LogP contribution in [0.5, 0.6) is 0 Å². The number of nitrogens with zero attached hydrogens (tertiary/aromatic N) is 4. The van der Waals surface area contributed by atoms with Crippen LogP contribution in [-0.2, 0) is 9.53 Å². The molecule has 1 unspecified atom stereocenters. The van der Waals surface area contributed by atoms with E-state index >= 15 is 0 Å². The van der Waals surface area contributed by atoms with Crippen LogP contribution < -0.4 is 5.32 Å². The van der Waals surface area contributed by atoms with E-state index in [4.69, 9.17) is 4.74 Å². The van der Waals surface area contributed by atoms with Crippen LogP contribution in [0, 0.1) is 5.92 Å². The van der Waals surface area contributed by atoms with Crippen LogP contribution in [0.1, 0.15) is 60.8 Å². The molecule has 2 atom stereocenters. The van der Waals surface area contributed by atoms with Crippen molar-refractivity contribution in [2.24, 2.45) is 10.9 Å². The van der Waals surface area contributed by atoms with E-state index in [9.17, 15) is 18.0 Å². The predicted molar refractivity (Wildman–Crippen MR) is 140 cm³/mol. The fraction of sp³-hybridized carbons (Fsp3) is 0.769. The fourth-order valence-electron chi connectivity index (χ4n) is 4.18. The van der Waals surface area contributed by atoms with Crippen LogP contribution in [0.25, 0.3) is 0 Å². The number of hydrogen-bond donors (Lipinski definition) is 1. The van der Waals surface area contributed by atoms with Gasteiger partial charge in [0.05, 0.1) is 13.0 Å². The second-order valence-electron chi connectivity index (χ2n) is 9.42. The summed E-state index contributed by atoms with van der Waals surface area (Å²) in [4.78, 5) is 23.6. The summed E-state index contributed by atoms with van der Waals surface area (Å²) >= 11 is 0. The Balaban J connectivity index is 2.44. The Bertz CT molecular complexity index is 759. The number of carbonyl (C=O) groups excluding carboxylic acids is 1. The van der Waals surface area contributed by atoms with E-state index in [1.807, 2.05) is 27.0 Å². The van der Waals surface area contributed by atoms with Crippen molar-refractivity contribution in [2.45, 2.75) is 73.0 Å². The van der Waals surface area contributed by atoms with Crippen molar-refractivity contribution in [1.29, 1.82) is 0 Å². The van der Waals surface area contributed by atoms with Crippen molar-refractivity contribution in [3.8, 4) is 0 Å². The lowest BCUT2D eigenvalue weighted by molar-refractivity contribution is -0.156. The first-order valence-electron chi connectivity index (χ1n) is 12.9. The average Bonchev–Trinajstić information content (AvgIpc) is 2.82. The predicted octanol–water partition coefficient (Wildman–Crippen LogP) is 4.63. The minimum atomic E-state index is -4.25. The molecule has 0 aliphatic carbocycles. The molecule has 0 aromatic carbocycles. The van der Waals surface area contributed by atoms with Gasteiger partial charge in [0, 0.05) is 76.2 Å². The zero-order valence-electron chi connectivity index (χ0n) is 23.1. The van der Waals surface area contributed by atoms with Gasteiger partial charge in [-0.1, -0.05) is 19.9 Å². The quantitative estimate of drug-likeness (QED) is 0.285. The summed E-state index contributed by atoms with van der Waals surface area (Å²) in [5.41, 5.74) is 1.66. The van der Waals surface area contributed by atoms with Crippen molar-refractivity contribution < 1.29 is 22.7 Å². The van der Waals surface area contributed by atoms with Crippen molar-refractivity contribution >= 4 is 11.8 Å². The highest BCUT2D eigenvalue weighted by atomic mass is 19.4. The van der Waals surface area contributed by atoms with Crippen molar-refractivity contribution in [3.05, 3.63) is 23.7 Å². The van der Waals surface area contributed by atoms with Gasteiger partial charge >= 0.3 is 6.18 Å². The smallest absolute Gasteiger partial charge is 0.394 e. The molecule has 208 valence electrons. The summed E-state index contributed by atoms with van der Waals surface area (Å²) in [7, 11) is 1.61. The van der Waals surface area contributed by atoms with Gasteiger partial charge in [0.25, 0.3) is 0 Å². The van der Waals surface area contributed by atoms with E-state index in [2.05, 4.69) is 27.0 Å². The molecule has 36 heavy (non-hydrogen) atoms. The first kappa shape index (κ1) is 31.8. The maximum atomic E-state index is 12.8. The summed E-state index contributed by atoms with van der Waals surface area (Å²) < 4.78 is 43.4. The number of carbonyl (C=O) groups is 1. The summed E-state index contributed by atoms with van der Waals surface area (Å²) in [5.74, 6) is -0.795. The SMILES string of the molecule is CC/C(=C\N=C(C)OC)N1CCN(CCCC(=O)N(CC)C[C@@H](C)N/C(C)=C/C(C)C(F)(F)F)CC1. The van der Waals surface area contributed by atoms with Crippen molar-refractivity contribution in [3.63, 3.8) is 0 Å². The normalized spacial score (nSPS) is 18.2. The van der Waals surface area contributed by atoms with Gasteiger partial charge in [-0.25, -0.2) is 4.99 Å². The lowest BCUT2D eigenvalue weighted by atomic mass is 10.1. The average molecular weight is 518 g/mol. The number of aliphatic imine (C=N–C) groups is 1. The van der Waals surface area contributed by atoms with Crippen LogP contribution in [-0.4, -0.2) is 91.6 Å². The second kappa shape index (κ2) is 15.8. The Morgan fingerprint density at radius 2 is 1.81 bits per heavy atom. The molecule has 1 aliphatic rings. The van der Waals surface area contributed by atoms with Crippen LogP contribution >= 0.6 is 0 Å². The third-order valence-electron chi connectivity index (χ3n) is 6.42. The molecular formula is C26H46F3N5O2. The van der Waals surface area contributed by atoms with E-state index in [0.717, 1.165) is 52.5 Å². The molecule has 1 rings (SSSR count). The summed E-state index contributed by atoms with van der Waals surface area (Å²) in [6.07, 6.45) is 0.972. The summed E-state index contributed by atoms with van der Waals surface area (Å²) in [5, 5.41) is 3.08. The zero-order chi connectivity index (χ0) is 27.3. The fourth-order valence-corrected chi connectivity index (χ4v) is 4.18. The number of allylic oxidation sites excluding steroid dienone is 3. The van der Waals surface area contributed by atoms with E-state index in [-0.39, 0.29) is 11.9 Å². The molecule has 0 aromatic heterocycles. The van der Waals surface area contributed by atoms with Crippen LogP contribution in [0.2, 0.25) is 0 Å². The third kappa shape index (κ3) is 11.7. The highest BCUT2D eigenvalue weighted by Gasteiger charge is 2.34. The van der Waals surface area contributed by atoms with Gasteiger partial charge < -0.3 is 19.9 Å². The second-order valence-corrected chi connectivity index (χ2v) is 9.42. The maximum absolute atomic E-state index is 12.8. The summed E-state index contributed by atoms with van der Waals surface area (Å²) in [6.45, 7) is 16.2. The molecule has 0 radical (unpaired) electrons. The monoisotopic (exact) mass is 517 g/mol. The number of nitrogens with one attached hydrogen (secondary N) is 1. The molecule has 1 fully saturated rings. The van der Waals surface area contributed by atoms with E-state index in [1.54, 1.807) is 18.9 Å². The molecule has 10 heteroatoms. The number of hydrogen-bond acceptors (Lipinski definition) is 6. The first-order chi connectivity index (χ1) is 16.9. The van der Waals surface area contributed by atoms with E-state index in [0.29, 0.717) is 31.1 Å². The molecular weight excluding hydrogens is 471 g/mol. The topological polar surface area (TPSA) is 60.4 Å². The molecule has 1 N–H and O–H groups in total. The van der Waals surface area contributed by atoms with Crippen LogP contribution in [0.15, 0.2) is 28.7 Å². The zero-order valence-corrected chi connectivity index (χ0v) is 23.1. The number of piperazine rings is 1. The minimum absolute atomic E-state index is 0.0812. The Hall–Kier alpha value is -2.23. The summed E-state index contributed by atoms with van der Waals surface area (Å²) in [6, 6.07) is -0.142. The molecule has 1 aliphatic heterocycles. The first-order valence-corrected chi connectivity index (χ1v) is 12.9. The van der Waals surface area contributed by atoms with Gasteiger partial charge in [-0.15, -0.1) is 0 Å². The maximum Gasteiger partial charge on any atom is 0.394 e. The Morgan fingerprint density at radius 3 is 2.33 bits per heavy atom. The largest absolute Gasteiger partial charge is 0.484 e. The Labute approximate surface area is 215 Å². The van der Waals surface area contributed by atoms with Gasteiger partial charge in [-0.05, 0) is 40.2 Å². The number of likely N-dealkylation sites (N-methyl/N-ethyl adjacent to an activating group) is 1. The molecule has 0 aromatic rings. The molecule has 0 bridgehead atoms. The van der Waals surface area contributed by atoms with E-state index in [1.165, 1.54) is 11.8 Å². The Morgan fingerprint density at radius 1 is 1.17 bits per heavy atom. The van der Waals surface area contributed by atoms with Gasteiger partial charge in [-0.3, -0.25) is 9.69 Å². The van der Waals surface area contributed by atoms with Crippen LogP contribution in [0.3, 0.4) is 0 Å². The molecule has 1 heterocycles. The highest BCUT2D eigenvalue weighted by Crippen LogP contribution is 2.27. The standard InChI is InChI=1S/C26H46F3N5O2/c1-8-24(18-30-23(6)36-7)34-15-13-32(14-16-34)12-10-11-25(35)33(9-2)19-22(5)31-21(4)17-20(3)26(27,28)29/h17-18,20,22,31H,8-16,19H2,1-7H3/b21-17+,24-18+,30-23?/t20?,22-/m1/s1. The van der Waals surface area contributed by atoms with Crippen LogP contribution in [0.4, 0.5) is 13.2 Å². The molecule has 0 spiro atoms. The van der Waals surface area contributed by atoms with Gasteiger partial charge in [0.15, 0.2) is 5.90 Å². The number of alkyl halides is 3. The Kier molecular flexibility index (Phi) is 13.9. The molecule has 0 saturated carbocycles. The van der Waals surface area contributed by atoms with Gasteiger partial charge in [0.2, 0.25) is 5.91 Å². The van der Waals surface area contributed by atoms with Crippen molar-refractivity contribution in [2.75, 3.05) is 52.9 Å². The minimum Gasteiger partial charge on any atom is -0.484 e. The number of ether oxygens (including phenoxy) is 1. The third-order valence-corrected chi connectivity index (χ3v) is 6.42. The van der Waals surface area contributed by atoms with Gasteiger partial charge in [0.1, 0.15) is 0 Å². The lowest BCUT2D eigenvalue weighted by Crippen LogP contribution is -2.46. The number of halogens is 3.